The Labute approximate surface area is 166 Å². The molecular weight excluding hydrogens is 358 g/mol. The quantitative estimate of drug-likeness (QED) is 0.417. The van der Waals surface area contributed by atoms with Crippen LogP contribution in [0.15, 0.2) is 17.1 Å². The van der Waals surface area contributed by atoms with Gasteiger partial charge in [-0.2, -0.15) is 4.99 Å². The summed E-state index contributed by atoms with van der Waals surface area (Å²) in [7, 11) is 0. The molecule has 0 saturated carbocycles. The predicted molar refractivity (Wildman–Crippen MR) is 108 cm³/mol. The number of hydrogen-bond donors (Lipinski definition) is 2. The van der Waals surface area contributed by atoms with E-state index < -0.39 is 5.91 Å². The number of rotatable bonds is 7. The molecule has 1 aliphatic heterocycles. The van der Waals surface area contributed by atoms with Crippen LogP contribution in [0.5, 0.6) is 5.88 Å². The molecule has 2 rings (SSSR count). The van der Waals surface area contributed by atoms with Gasteiger partial charge in [-0.3, -0.25) is 9.59 Å². The summed E-state index contributed by atoms with van der Waals surface area (Å²) in [6.07, 6.45) is 4.04. The molecule has 28 heavy (non-hydrogen) atoms. The Morgan fingerprint density at radius 1 is 1.29 bits per heavy atom. The Bertz CT molecular complexity index is 725. The van der Waals surface area contributed by atoms with Crippen LogP contribution in [0.1, 0.15) is 55.6 Å². The number of pyridine rings is 1. The molecule has 2 heterocycles. The maximum atomic E-state index is 11.7. The van der Waals surface area contributed by atoms with Gasteiger partial charge in [-0.05, 0) is 44.6 Å². The molecule has 1 aliphatic rings. The molecule has 1 aromatic heterocycles. The van der Waals surface area contributed by atoms with Crippen molar-refractivity contribution in [1.82, 2.24) is 9.88 Å². The largest absolute Gasteiger partial charge is 0.478 e. The van der Waals surface area contributed by atoms with Crippen LogP contribution in [0, 0.1) is 18.8 Å². The highest BCUT2D eigenvalue weighted by Gasteiger charge is 2.21. The fraction of sp³-hybridized carbons (Fsp3) is 0.600. The number of carbonyl (C=O) groups excluding carboxylic acids is 2. The lowest BCUT2D eigenvalue weighted by atomic mass is 9.92. The number of nitrogens with two attached hydrogens (primary N) is 2. The van der Waals surface area contributed by atoms with E-state index in [0.29, 0.717) is 35.6 Å². The summed E-state index contributed by atoms with van der Waals surface area (Å²) in [5.41, 5.74) is 12.2. The average Bonchev–Trinajstić information content (AvgIpc) is 2.65. The molecule has 1 saturated heterocycles. The molecule has 8 heteroatoms. The van der Waals surface area contributed by atoms with Crippen LogP contribution in [0.4, 0.5) is 0 Å². The Morgan fingerprint density at radius 2 is 1.96 bits per heavy atom. The Morgan fingerprint density at radius 3 is 2.54 bits per heavy atom. The van der Waals surface area contributed by atoms with Crippen molar-refractivity contribution in [3.05, 3.63) is 23.4 Å². The van der Waals surface area contributed by atoms with E-state index in [2.05, 4.69) is 9.98 Å². The number of nitrogens with zero attached hydrogens (tertiary/aromatic N) is 3. The number of carbonyl (C=O) groups is 2. The zero-order valence-corrected chi connectivity index (χ0v) is 17.0. The normalized spacial score (nSPS) is 15.7. The van der Waals surface area contributed by atoms with E-state index in [4.69, 9.17) is 16.2 Å². The van der Waals surface area contributed by atoms with E-state index in [1.54, 1.807) is 19.1 Å². The average molecular weight is 390 g/mol. The number of amides is 2. The molecule has 0 spiro atoms. The van der Waals surface area contributed by atoms with Crippen LogP contribution >= 0.6 is 0 Å². The topological polar surface area (TPSA) is 124 Å². The fourth-order valence-electron chi connectivity index (χ4n) is 3.19. The molecule has 1 fully saturated rings. The van der Waals surface area contributed by atoms with Crippen LogP contribution < -0.4 is 16.2 Å². The molecule has 4 N–H and O–H groups in total. The maximum absolute atomic E-state index is 11.7. The number of ether oxygens (including phenoxy) is 1. The Balaban J connectivity index is 1.70. The first kappa shape index (κ1) is 21.7. The molecule has 0 atom stereocenters. The van der Waals surface area contributed by atoms with Crippen LogP contribution in [0.2, 0.25) is 0 Å². The number of primary amides is 1. The molecule has 0 aliphatic carbocycles. The third kappa shape index (κ3) is 6.21. The van der Waals surface area contributed by atoms with Crippen molar-refractivity contribution >= 4 is 17.8 Å². The van der Waals surface area contributed by atoms with Crippen LogP contribution in [-0.2, 0) is 4.79 Å². The summed E-state index contributed by atoms with van der Waals surface area (Å²) in [6.45, 7) is 7.59. The van der Waals surface area contributed by atoms with Crippen molar-refractivity contribution in [2.24, 2.45) is 28.3 Å². The van der Waals surface area contributed by atoms with Gasteiger partial charge in [-0.1, -0.05) is 13.8 Å². The first-order valence-corrected chi connectivity index (χ1v) is 9.81. The van der Waals surface area contributed by atoms with E-state index in [1.165, 1.54) is 0 Å². The molecule has 0 bridgehead atoms. The Hall–Kier alpha value is -2.64. The second-order valence-electron chi connectivity index (χ2n) is 7.53. The summed E-state index contributed by atoms with van der Waals surface area (Å²) >= 11 is 0. The maximum Gasteiger partial charge on any atom is 0.251 e. The highest BCUT2D eigenvalue weighted by Crippen LogP contribution is 2.22. The third-order valence-corrected chi connectivity index (χ3v) is 4.99. The third-order valence-electron chi connectivity index (χ3n) is 4.99. The van der Waals surface area contributed by atoms with Crippen molar-refractivity contribution in [3.8, 4) is 5.88 Å². The monoisotopic (exact) mass is 389 g/mol. The lowest BCUT2D eigenvalue weighted by molar-refractivity contribution is -0.120. The second kappa shape index (κ2) is 10.1. The molecule has 0 unspecified atom stereocenters. The summed E-state index contributed by atoms with van der Waals surface area (Å²) in [5.74, 6) is 0.658. The van der Waals surface area contributed by atoms with Gasteiger partial charge in [0.1, 0.15) is 0 Å². The lowest BCUT2D eigenvalue weighted by Crippen LogP contribution is -2.43. The van der Waals surface area contributed by atoms with Gasteiger partial charge in [-0.15, -0.1) is 0 Å². The minimum atomic E-state index is -0.484. The van der Waals surface area contributed by atoms with Gasteiger partial charge in [0, 0.05) is 25.1 Å². The van der Waals surface area contributed by atoms with Crippen molar-refractivity contribution in [2.45, 2.75) is 46.5 Å². The first-order chi connectivity index (χ1) is 13.3. The number of aromatic nitrogens is 1. The number of aliphatic imine (C=N–C) groups is 1. The zero-order valence-electron chi connectivity index (χ0n) is 17.0. The molecular formula is C20H31N5O3. The highest BCUT2D eigenvalue weighted by atomic mass is 16.5. The number of hydrogen-bond acceptors (Lipinski definition) is 4. The molecule has 2 amide bonds. The van der Waals surface area contributed by atoms with Crippen molar-refractivity contribution in [2.75, 3.05) is 19.7 Å². The zero-order chi connectivity index (χ0) is 20.7. The number of guanidine groups is 1. The molecule has 1 aromatic rings. The van der Waals surface area contributed by atoms with E-state index in [0.717, 1.165) is 38.8 Å². The summed E-state index contributed by atoms with van der Waals surface area (Å²) in [4.78, 5) is 33.1. The van der Waals surface area contributed by atoms with Gasteiger partial charge in [0.2, 0.25) is 5.88 Å². The highest BCUT2D eigenvalue weighted by molar-refractivity contribution is 5.94. The number of piperidine rings is 1. The fourth-order valence-corrected chi connectivity index (χ4v) is 3.19. The summed E-state index contributed by atoms with van der Waals surface area (Å²) < 4.78 is 5.69. The molecule has 0 radical (unpaired) electrons. The Kier molecular flexibility index (Phi) is 7.78. The summed E-state index contributed by atoms with van der Waals surface area (Å²) in [6, 6.07) is 3.32. The number of aryl methyl sites for hydroxylation is 1. The predicted octanol–water partition coefficient (Wildman–Crippen LogP) is 1.86. The SMILES string of the molecule is Cc1nc(OCCCC2CCN(C(N)=NC(=O)C(C)C)CC2)ccc1C(N)=O. The van der Waals surface area contributed by atoms with Gasteiger partial charge in [0.25, 0.3) is 11.8 Å². The van der Waals surface area contributed by atoms with E-state index in [-0.39, 0.29) is 11.8 Å². The summed E-state index contributed by atoms with van der Waals surface area (Å²) in [5, 5.41) is 0. The van der Waals surface area contributed by atoms with Gasteiger partial charge in [0.15, 0.2) is 5.96 Å². The minimum absolute atomic E-state index is 0.138. The van der Waals surface area contributed by atoms with E-state index >= 15 is 0 Å². The van der Waals surface area contributed by atoms with Crippen LogP contribution in [0.3, 0.4) is 0 Å². The van der Waals surface area contributed by atoms with Gasteiger partial charge >= 0.3 is 0 Å². The lowest BCUT2D eigenvalue weighted by Gasteiger charge is -2.32. The first-order valence-electron chi connectivity index (χ1n) is 9.81. The van der Waals surface area contributed by atoms with Gasteiger partial charge < -0.3 is 21.1 Å². The number of likely N-dealkylation sites (tertiary alicyclic amines) is 1. The molecule has 154 valence electrons. The molecule has 0 aromatic carbocycles. The van der Waals surface area contributed by atoms with E-state index in [9.17, 15) is 9.59 Å². The standard InChI is InChI=1S/C20H31N5O3/c1-13(2)19(27)24-20(22)25-10-8-15(9-11-25)5-4-12-28-17-7-6-16(18(21)26)14(3)23-17/h6-7,13,15H,4-5,8-12H2,1-3H3,(H2,21,26)(H2,22,24,27). The van der Waals surface area contributed by atoms with E-state index in [1.807, 2.05) is 18.7 Å². The van der Waals surface area contributed by atoms with Crippen molar-refractivity contribution in [3.63, 3.8) is 0 Å². The second-order valence-corrected chi connectivity index (χ2v) is 7.53. The minimum Gasteiger partial charge on any atom is -0.478 e. The van der Waals surface area contributed by atoms with Crippen LogP contribution in [0.25, 0.3) is 0 Å². The van der Waals surface area contributed by atoms with Crippen molar-refractivity contribution < 1.29 is 14.3 Å². The molecule has 8 nitrogen and oxygen atoms in total. The smallest absolute Gasteiger partial charge is 0.251 e. The van der Waals surface area contributed by atoms with Gasteiger partial charge in [-0.25, -0.2) is 4.98 Å². The van der Waals surface area contributed by atoms with Gasteiger partial charge in [0.05, 0.1) is 17.9 Å². The van der Waals surface area contributed by atoms with Crippen LogP contribution in [-0.4, -0.2) is 47.4 Å². The van der Waals surface area contributed by atoms with Crippen molar-refractivity contribution in [1.29, 1.82) is 0 Å².